The first-order valence-electron chi connectivity index (χ1n) is 7.13. The summed E-state index contributed by atoms with van der Waals surface area (Å²) in [6.45, 7) is 2.14. The summed E-state index contributed by atoms with van der Waals surface area (Å²) in [6.07, 6.45) is -1.47. The number of nitrogens with zero attached hydrogens (tertiary/aromatic N) is 2. The Bertz CT molecular complexity index is 702. The second-order valence-corrected chi connectivity index (χ2v) is 5.21. The molecule has 0 bridgehead atoms. The monoisotopic (exact) mass is 339 g/mol. The predicted molar refractivity (Wildman–Crippen MR) is 80.6 cm³/mol. The highest BCUT2D eigenvalue weighted by Crippen LogP contribution is 2.21. The van der Waals surface area contributed by atoms with E-state index in [1.165, 1.54) is 18.3 Å². The van der Waals surface area contributed by atoms with Crippen LogP contribution >= 0.6 is 0 Å². The molecule has 0 spiro atoms. The first kappa shape index (κ1) is 17.7. The number of amides is 1. The van der Waals surface area contributed by atoms with Gasteiger partial charge in [0.05, 0.1) is 17.9 Å². The maximum absolute atomic E-state index is 12.1. The normalized spacial score (nSPS) is 12.5. The second-order valence-electron chi connectivity index (χ2n) is 5.21. The molecule has 1 amide bonds. The van der Waals surface area contributed by atoms with Crippen LogP contribution in [0.3, 0.4) is 0 Å². The molecule has 0 fully saturated rings. The number of hydrogen-bond acceptors (Lipinski definition) is 4. The SMILES string of the molecule is Cc1cncc(C(=O)NC(C)c2ccc(OCC(F)(F)F)cc2)n1. The average Bonchev–Trinajstić information content (AvgIpc) is 2.52. The molecule has 24 heavy (non-hydrogen) atoms. The molecular formula is C16H16F3N3O2. The number of halogens is 3. The van der Waals surface area contributed by atoms with Gasteiger partial charge < -0.3 is 10.1 Å². The summed E-state index contributed by atoms with van der Waals surface area (Å²) in [4.78, 5) is 20.1. The van der Waals surface area contributed by atoms with Crippen LogP contribution in [0.2, 0.25) is 0 Å². The van der Waals surface area contributed by atoms with E-state index in [1.54, 1.807) is 32.2 Å². The molecule has 0 aliphatic heterocycles. The van der Waals surface area contributed by atoms with E-state index in [0.29, 0.717) is 5.69 Å². The van der Waals surface area contributed by atoms with Gasteiger partial charge in [0, 0.05) is 6.20 Å². The number of ether oxygens (including phenoxy) is 1. The van der Waals surface area contributed by atoms with Gasteiger partial charge >= 0.3 is 6.18 Å². The van der Waals surface area contributed by atoms with Crippen LogP contribution in [0, 0.1) is 6.92 Å². The second kappa shape index (κ2) is 7.29. The standard InChI is InChI=1S/C16H16F3N3O2/c1-10-7-20-8-14(21-10)15(23)22-11(2)12-3-5-13(6-4-12)24-9-16(17,18)19/h3-8,11H,9H2,1-2H3,(H,22,23). The third kappa shape index (κ3) is 5.22. The van der Waals surface area contributed by atoms with Crippen LogP contribution in [0.15, 0.2) is 36.7 Å². The smallest absolute Gasteiger partial charge is 0.422 e. The number of carbonyl (C=O) groups is 1. The Hall–Kier alpha value is -2.64. The Morgan fingerprint density at radius 2 is 1.92 bits per heavy atom. The quantitative estimate of drug-likeness (QED) is 0.908. The van der Waals surface area contributed by atoms with Crippen LogP contribution in [0.25, 0.3) is 0 Å². The minimum atomic E-state index is -4.38. The average molecular weight is 339 g/mol. The highest BCUT2D eigenvalue weighted by molar-refractivity contribution is 5.92. The molecule has 1 unspecified atom stereocenters. The van der Waals surface area contributed by atoms with E-state index in [1.807, 2.05) is 0 Å². The van der Waals surface area contributed by atoms with Gasteiger partial charge in [-0.1, -0.05) is 12.1 Å². The van der Waals surface area contributed by atoms with Crippen LogP contribution in [0.5, 0.6) is 5.75 Å². The number of hydrogen-bond donors (Lipinski definition) is 1. The predicted octanol–water partition coefficient (Wildman–Crippen LogP) is 3.22. The van der Waals surface area contributed by atoms with Gasteiger partial charge in [0.25, 0.3) is 5.91 Å². The van der Waals surface area contributed by atoms with Crippen LogP contribution in [0.1, 0.15) is 34.7 Å². The summed E-state index contributed by atoms with van der Waals surface area (Å²) >= 11 is 0. The molecule has 8 heteroatoms. The Morgan fingerprint density at radius 1 is 1.25 bits per heavy atom. The van der Waals surface area contributed by atoms with Gasteiger partial charge in [-0.3, -0.25) is 9.78 Å². The number of rotatable bonds is 5. The highest BCUT2D eigenvalue weighted by atomic mass is 19.4. The van der Waals surface area contributed by atoms with Gasteiger partial charge in [0.2, 0.25) is 0 Å². The van der Waals surface area contributed by atoms with Crippen molar-refractivity contribution in [2.75, 3.05) is 6.61 Å². The summed E-state index contributed by atoms with van der Waals surface area (Å²) in [6, 6.07) is 5.69. The number of benzene rings is 1. The van der Waals surface area contributed by atoms with Crippen molar-refractivity contribution in [3.63, 3.8) is 0 Å². The summed E-state index contributed by atoms with van der Waals surface area (Å²) < 4.78 is 40.9. The molecule has 1 aromatic heterocycles. The minimum Gasteiger partial charge on any atom is -0.484 e. The molecule has 1 aromatic carbocycles. The zero-order valence-electron chi connectivity index (χ0n) is 13.1. The lowest BCUT2D eigenvalue weighted by Gasteiger charge is -2.15. The fraction of sp³-hybridized carbons (Fsp3) is 0.312. The van der Waals surface area contributed by atoms with Crippen molar-refractivity contribution in [2.45, 2.75) is 26.1 Å². The Labute approximate surface area is 136 Å². The maximum atomic E-state index is 12.1. The number of nitrogens with one attached hydrogen (secondary N) is 1. The lowest BCUT2D eigenvalue weighted by molar-refractivity contribution is -0.153. The van der Waals surface area contributed by atoms with Gasteiger partial charge in [-0.05, 0) is 31.5 Å². The molecule has 0 saturated heterocycles. The molecule has 1 atom stereocenters. The zero-order valence-corrected chi connectivity index (χ0v) is 13.1. The van der Waals surface area contributed by atoms with Gasteiger partial charge in [0.15, 0.2) is 6.61 Å². The van der Waals surface area contributed by atoms with E-state index < -0.39 is 12.8 Å². The summed E-state index contributed by atoms with van der Waals surface area (Å²) in [5.74, 6) is -0.268. The molecule has 0 saturated carbocycles. The number of aromatic nitrogens is 2. The van der Waals surface area contributed by atoms with Crippen LogP contribution < -0.4 is 10.1 Å². The molecule has 128 valence electrons. The van der Waals surface area contributed by atoms with Crippen molar-refractivity contribution in [3.8, 4) is 5.75 Å². The van der Waals surface area contributed by atoms with Gasteiger partial charge in [0.1, 0.15) is 11.4 Å². The summed E-state index contributed by atoms with van der Waals surface area (Å²) in [7, 11) is 0. The fourth-order valence-electron chi connectivity index (χ4n) is 1.94. The van der Waals surface area contributed by atoms with Crippen LogP contribution in [-0.4, -0.2) is 28.7 Å². The molecular weight excluding hydrogens is 323 g/mol. The first-order valence-corrected chi connectivity index (χ1v) is 7.13. The van der Waals surface area contributed by atoms with Crippen molar-refractivity contribution in [2.24, 2.45) is 0 Å². The summed E-state index contributed by atoms with van der Waals surface area (Å²) in [5, 5.41) is 2.75. The Kier molecular flexibility index (Phi) is 5.38. The lowest BCUT2D eigenvalue weighted by atomic mass is 10.1. The van der Waals surface area contributed by atoms with E-state index in [9.17, 15) is 18.0 Å². The van der Waals surface area contributed by atoms with E-state index >= 15 is 0 Å². The number of aryl methyl sites for hydroxylation is 1. The van der Waals surface area contributed by atoms with Crippen LogP contribution in [-0.2, 0) is 0 Å². The maximum Gasteiger partial charge on any atom is 0.422 e. The number of carbonyl (C=O) groups excluding carboxylic acids is 1. The molecule has 1 N–H and O–H groups in total. The third-order valence-electron chi connectivity index (χ3n) is 3.12. The van der Waals surface area contributed by atoms with Crippen LogP contribution in [0.4, 0.5) is 13.2 Å². The van der Waals surface area contributed by atoms with Gasteiger partial charge in [-0.15, -0.1) is 0 Å². The van der Waals surface area contributed by atoms with Crippen molar-refractivity contribution in [3.05, 3.63) is 53.6 Å². The lowest BCUT2D eigenvalue weighted by Crippen LogP contribution is -2.27. The minimum absolute atomic E-state index is 0.110. The van der Waals surface area contributed by atoms with Crippen molar-refractivity contribution >= 4 is 5.91 Å². The van der Waals surface area contributed by atoms with Crippen molar-refractivity contribution < 1.29 is 22.7 Å². The van der Waals surface area contributed by atoms with E-state index in [-0.39, 0.29) is 23.4 Å². The molecule has 0 aliphatic carbocycles. The van der Waals surface area contributed by atoms with Gasteiger partial charge in [-0.2, -0.15) is 13.2 Å². The van der Waals surface area contributed by atoms with E-state index in [0.717, 1.165) is 5.56 Å². The molecule has 0 aliphatic rings. The largest absolute Gasteiger partial charge is 0.484 e. The molecule has 0 radical (unpaired) electrons. The topological polar surface area (TPSA) is 64.1 Å². The zero-order chi connectivity index (χ0) is 17.7. The first-order chi connectivity index (χ1) is 11.2. The Balaban J connectivity index is 1.97. The molecule has 5 nitrogen and oxygen atoms in total. The highest BCUT2D eigenvalue weighted by Gasteiger charge is 2.28. The molecule has 2 rings (SSSR count). The third-order valence-corrected chi connectivity index (χ3v) is 3.12. The van der Waals surface area contributed by atoms with Crippen molar-refractivity contribution in [1.29, 1.82) is 0 Å². The van der Waals surface area contributed by atoms with E-state index in [2.05, 4.69) is 20.0 Å². The van der Waals surface area contributed by atoms with Crippen molar-refractivity contribution in [1.82, 2.24) is 15.3 Å². The van der Waals surface area contributed by atoms with Gasteiger partial charge in [-0.25, -0.2) is 4.98 Å². The fourth-order valence-corrected chi connectivity index (χ4v) is 1.94. The number of alkyl halides is 3. The van der Waals surface area contributed by atoms with E-state index in [4.69, 9.17) is 0 Å². The Morgan fingerprint density at radius 3 is 2.50 bits per heavy atom. The summed E-state index contributed by atoms with van der Waals surface area (Å²) in [5.41, 5.74) is 1.55. The molecule has 1 heterocycles. The molecule has 2 aromatic rings.